The van der Waals surface area contributed by atoms with E-state index in [0.717, 1.165) is 23.8 Å². The summed E-state index contributed by atoms with van der Waals surface area (Å²) in [4.78, 5) is 13.6. The number of anilines is 1. The third kappa shape index (κ3) is 3.85. The van der Waals surface area contributed by atoms with Gasteiger partial charge in [0.1, 0.15) is 5.69 Å². The maximum Gasteiger partial charge on any atom is 0.293 e. The minimum atomic E-state index is -3.70. The Labute approximate surface area is 161 Å². The van der Waals surface area contributed by atoms with E-state index in [4.69, 9.17) is 11.6 Å². The van der Waals surface area contributed by atoms with Crippen molar-refractivity contribution in [3.05, 3.63) is 49.7 Å². The van der Waals surface area contributed by atoms with Crippen molar-refractivity contribution in [3.8, 4) is 0 Å². The van der Waals surface area contributed by atoms with Gasteiger partial charge in [-0.15, -0.1) is 11.3 Å². The highest BCUT2D eigenvalue weighted by Crippen LogP contribution is 2.33. The molecule has 0 aliphatic carbocycles. The van der Waals surface area contributed by atoms with Gasteiger partial charge in [-0.25, -0.2) is 8.42 Å². The quantitative estimate of drug-likeness (QED) is 0.530. The third-order valence-electron chi connectivity index (χ3n) is 4.28. The Kier molecular flexibility index (Phi) is 5.52. The van der Waals surface area contributed by atoms with Crippen molar-refractivity contribution in [2.45, 2.75) is 24.3 Å². The van der Waals surface area contributed by atoms with Crippen LogP contribution in [0.5, 0.6) is 0 Å². The molecule has 0 atom stereocenters. The number of nitro benzene ring substituents is 1. The summed E-state index contributed by atoms with van der Waals surface area (Å²) in [5, 5.41) is 11.5. The fraction of sp³-hybridized carbons (Fsp3) is 0.375. The molecule has 0 bridgehead atoms. The molecule has 0 saturated carbocycles. The van der Waals surface area contributed by atoms with Crippen LogP contribution in [0.15, 0.2) is 35.2 Å². The van der Waals surface area contributed by atoms with Crippen molar-refractivity contribution in [1.29, 1.82) is 0 Å². The molecule has 0 spiro atoms. The highest BCUT2D eigenvalue weighted by molar-refractivity contribution is 7.89. The van der Waals surface area contributed by atoms with E-state index < -0.39 is 14.9 Å². The standard InChI is InChI=1S/C16H18ClN3O4S2/c1-18(11-12-4-7-16(17)25-12)14-6-5-13(10-15(14)20(21)22)26(23,24)19-8-2-3-9-19/h4-7,10H,2-3,8-9,11H2,1H3. The molecule has 1 aliphatic heterocycles. The molecule has 3 rings (SSSR count). The van der Waals surface area contributed by atoms with E-state index >= 15 is 0 Å². The van der Waals surface area contributed by atoms with Crippen LogP contribution in [0, 0.1) is 10.1 Å². The smallest absolute Gasteiger partial charge is 0.293 e. The number of benzene rings is 1. The predicted octanol–water partition coefficient (Wildman–Crippen LogP) is 3.73. The highest BCUT2D eigenvalue weighted by Gasteiger charge is 2.30. The van der Waals surface area contributed by atoms with Crippen molar-refractivity contribution in [1.82, 2.24) is 4.31 Å². The van der Waals surface area contributed by atoms with E-state index in [9.17, 15) is 18.5 Å². The molecule has 140 valence electrons. The molecular weight excluding hydrogens is 398 g/mol. The van der Waals surface area contributed by atoms with Gasteiger partial charge in [0.25, 0.3) is 5.69 Å². The molecule has 26 heavy (non-hydrogen) atoms. The minimum Gasteiger partial charge on any atom is -0.364 e. The zero-order valence-electron chi connectivity index (χ0n) is 14.1. The van der Waals surface area contributed by atoms with Crippen LogP contribution in [0.2, 0.25) is 4.34 Å². The Morgan fingerprint density at radius 2 is 1.96 bits per heavy atom. The maximum absolute atomic E-state index is 12.7. The fourth-order valence-electron chi connectivity index (χ4n) is 2.97. The molecule has 0 unspecified atom stereocenters. The van der Waals surface area contributed by atoms with E-state index in [1.165, 1.54) is 27.8 Å². The van der Waals surface area contributed by atoms with Gasteiger partial charge in [0.15, 0.2) is 0 Å². The summed E-state index contributed by atoms with van der Waals surface area (Å²) in [7, 11) is -1.97. The number of thiophene rings is 1. The lowest BCUT2D eigenvalue weighted by atomic mass is 10.2. The Hall–Kier alpha value is -1.68. The van der Waals surface area contributed by atoms with Gasteiger partial charge in [-0.3, -0.25) is 10.1 Å². The summed E-state index contributed by atoms with van der Waals surface area (Å²) < 4.78 is 27.3. The molecule has 2 heterocycles. The van der Waals surface area contributed by atoms with E-state index in [2.05, 4.69) is 0 Å². The first-order valence-corrected chi connectivity index (χ1v) is 10.7. The van der Waals surface area contributed by atoms with Crippen LogP contribution in [-0.2, 0) is 16.6 Å². The van der Waals surface area contributed by atoms with Gasteiger partial charge in [-0.2, -0.15) is 4.31 Å². The zero-order chi connectivity index (χ0) is 18.9. The number of rotatable bonds is 6. The molecule has 1 fully saturated rings. The summed E-state index contributed by atoms with van der Waals surface area (Å²) in [5.74, 6) is 0. The minimum absolute atomic E-state index is 0.0394. The van der Waals surface area contributed by atoms with Crippen molar-refractivity contribution >= 4 is 44.3 Å². The fourth-order valence-corrected chi connectivity index (χ4v) is 5.64. The van der Waals surface area contributed by atoms with Crippen molar-refractivity contribution in [2.24, 2.45) is 0 Å². The van der Waals surface area contributed by atoms with Gasteiger partial charge in [-0.05, 0) is 37.1 Å². The molecule has 0 radical (unpaired) electrons. The van der Waals surface area contributed by atoms with Gasteiger partial charge in [0.2, 0.25) is 10.0 Å². The summed E-state index contributed by atoms with van der Waals surface area (Å²) in [5.41, 5.74) is 0.135. The Morgan fingerprint density at radius 1 is 1.27 bits per heavy atom. The number of hydrogen-bond donors (Lipinski definition) is 0. The average Bonchev–Trinajstić information content (AvgIpc) is 3.26. The number of nitro groups is 1. The van der Waals surface area contributed by atoms with Gasteiger partial charge in [0.05, 0.1) is 20.7 Å². The first-order valence-electron chi connectivity index (χ1n) is 8.03. The normalized spacial score (nSPS) is 15.3. The molecule has 2 aromatic rings. The van der Waals surface area contributed by atoms with E-state index in [1.54, 1.807) is 18.0 Å². The lowest BCUT2D eigenvalue weighted by Crippen LogP contribution is -2.28. The Morgan fingerprint density at radius 3 is 2.54 bits per heavy atom. The molecule has 1 aromatic heterocycles. The zero-order valence-corrected chi connectivity index (χ0v) is 16.5. The second-order valence-corrected chi connectivity index (χ2v) is 9.82. The molecule has 10 heteroatoms. The Bertz CT molecular complexity index is 923. The second-order valence-electron chi connectivity index (χ2n) is 6.08. The molecule has 7 nitrogen and oxygen atoms in total. The van der Waals surface area contributed by atoms with Crippen LogP contribution in [0.25, 0.3) is 0 Å². The summed E-state index contributed by atoms with van der Waals surface area (Å²) >= 11 is 7.33. The number of sulfonamides is 1. The molecular formula is C16H18ClN3O4S2. The topological polar surface area (TPSA) is 83.8 Å². The van der Waals surface area contributed by atoms with E-state index in [1.807, 2.05) is 6.07 Å². The number of nitrogens with zero attached hydrogens (tertiary/aromatic N) is 3. The maximum atomic E-state index is 12.7. The molecule has 1 saturated heterocycles. The van der Waals surface area contributed by atoms with Crippen molar-refractivity contribution in [2.75, 3.05) is 25.0 Å². The summed E-state index contributed by atoms with van der Waals surface area (Å²) in [6.45, 7) is 1.35. The van der Waals surface area contributed by atoms with E-state index in [-0.39, 0.29) is 10.6 Å². The van der Waals surface area contributed by atoms with Crippen LogP contribution < -0.4 is 4.90 Å². The first kappa shape index (κ1) is 19.1. The van der Waals surface area contributed by atoms with Crippen LogP contribution in [0.3, 0.4) is 0 Å². The van der Waals surface area contributed by atoms with Gasteiger partial charge in [0, 0.05) is 31.1 Å². The number of hydrogen-bond acceptors (Lipinski definition) is 6. The van der Waals surface area contributed by atoms with Crippen LogP contribution in [-0.4, -0.2) is 37.8 Å². The van der Waals surface area contributed by atoms with Gasteiger partial charge >= 0.3 is 0 Å². The van der Waals surface area contributed by atoms with Crippen LogP contribution in [0.1, 0.15) is 17.7 Å². The number of halogens is 1. The molecule has 1 aliphatic rings. The average molecular weight is 416 g/mol. The summed E-state index contributed by atoms with van der Waals surface area (Å²) in [6.07, 6.45) is 1.62. The van der Waals surface area contributed by atoms with Crippen molar-refractivity contribution in [3.63, 3.8) is 0 Å². The van der Waals surface area contributed by atoms with Crippen LogP contribution in [0.4, 0.5) is 11.4 Å². The second kappa shape index (κ2) is 7.51. The SMILES string of the molecule is CN(Cc1ccc(Cl)s1)c1ccc(S(=O)(=O)N2CCCC2)cc1[N+](=O)[O-]. The Balaban J connectivity index is 1.93. The highest BCUT2D eigenvalue weighted by atomic mass is 35.5. The van der Waals surface area contributed by atoms with E-state index in [0.29, 0.717) is 29.7 Å². The van der Waals surface area contributed by atoms with Gasteiger partial charge in [-0.1, -0.05) is 11.6 Å². The predicted molar refractivity (Wildman–Crippen MR) is 103 cm³/mol. The summed E-state index contributed by atoms with van der Waals surface area (Å²) in [6, 6.07) is 7.72. The van der Waals surface area contributed by atoms with Crippen LogP contribution >= 0.6 is 22.9 Å². The largest absolute Gasteiger partial charge is 0.364 e. The molecule has 0 N–H and O–H groups in total. The molecule has 1 aromatic carbocycles. The molecule has 0 amide bonds. The first-order chi connectivity index (χ1) is 12.3. The monoisotopic (exact) mass is 415 g/mol. The van der Waals surface area contributed by atoms with Crippen molar-refractivity contribution < 1.29 is 13.3 Å². The lowest BCUT2D eigenvalue weighted by molar-refractivity contribution is -0.384. The third-order valence-corrected chi connectivity index (χ3v) is 7.39. The lowest BCUT2D eigenvalue weighted by Gasteiger charge is -2.20. The van der Waals surface area contributed by atoms with Gasteiger partial charge < -0.3 is 4.90 Å².